The van der Waals surface area contributed by atoms with E-state index in [1.807, 2.05) is 18.2 Å². The number of carbonyl (C=O) groups excluding carboxylic acids is 3. The molecule has 0 bridgehead atoms. The number of imide groups is 1. The zero-order valence-electron chi connectivity index (χ0n) is 16.5. The molecule has 1 fully saturated rings. The van der Waals surface area contributed by atoms with Crippen LogP contribution in [0.25, 0.3) is 0 Å². The maximum Gasteiger partial charge on any atom is 0.255 e. The van der Waals surface area contributed by atoms with Crippen molar-refractivity contribution in [1.29, 1.82) is 0 Å². The van der Waals surface area contributed by atoms with Crippen molar-refractivity contribution in [2.24, 2.45) is 0 Å². The second kappa shape index (κ2) is 7.90. The molecule has 8 nitrogen and oxygen atoms in total. The van der Waals surface area contributed by atoms with Crippen LogP contribution in [-0.2, 0) is 42.2 Å². The molecule has 1 aromatic carbocycles. The van der Waals surface area contributed by atoms with E-state index in [9.17, 15) is 14.4 Å². The van der Waals surface area contributed by atoms with Crippen LogP contribution in [0.3, 0.4) is 0 Å². The van der Waals surface area contributed by atoms with Crippen molar-refractivity contribution in [3.05, 3.63) is 50.5 Å². The highest BCUT2D eigenvalue weighted by molar-refractivity contribution is 7.11. The number of carbonyl (C=O) groups is 3. The van der Waals surface area contributed by atoms with Crippen LogP contribution in [0.5, 0.6) is 0 Å². The van der Waals surface area contributed by atoms with Gasteiger partial charge in [0.1, 0.15) is 11.0 Å². The molecule has 156 valence electrons. The summed E-state index contributed by atoms with van der Waals surface area (Å²) < 4.78 is 0. The van der Waals surface area contributed by atoms with Crippen molar-refractivity contribution < 1.29 is 14.4 Å². The van der Waals surface area contributed by atoms with Crippen LogP contribution < -0.4 is 16.0 Å². The van der Waals surface area contributed by atoms with Crippen molar-refractivity contribution in [2.75, 3.05) is 6.54 Å². The Bertz CT molecular complexity index is 1010. The third-order valence-corrected chi connectivity index (χ3v) is 6.97. The van der Waals surface area contributed by atoms with Crippen LogP contribution in [0, 0.1) is 0 Å². The standard InChI is InChI=1S/C21H23N5O3S/c27-17-5-4-15(20(28)25-17)26-11-13-3-1-2-12(19(13)21(26)29)8-23-10-18-24-14-6-7-22-9-16(14)30-18/h1-3,15,22-23H,4-11H2,(H,25,27,28). The molecule has 1 aromatic heterocycles. The number of benzene rings is 1. The molecule has 5 rings (SSSR count). The lowest BCUT2D eigenvalue weighted by Gasteiger charge is -2.29. The minimum atomic E-state index is -0.585. The molecule has 0 spiro atoms. The van der Waals surface area contributed by atoms with Crippen LogP contribution in [0.2, 0.25) is 0 Å². The van der Waals surface area contributed by atoms with Gasteiger partial charge in [-0.05, 0) is 17.5 Å². The minimum Gasteiger partial charge on any atom is -0.322 e. The van der Waals surface area contributed by atoms with E-state index >= 15 is 0 Å². The molecule has 2 aromatic rings. The van der Waals surface area contributed by atoms with Crippen LogP contribution >= 0.6 is 11.3 Å². The smallest absolute Gasteiger partial charge is 0.255 e. The summed E-state index contributed by atoms with van der Waals surface area (Å²) >= 11 is 1.73. The Morgan fingerprint density at radius 2 is 2.10 bits per heavy atom. The summed E-state index contributed by atoms with van der Waals surface area (Å²) in [6, 6.07) is 5.25. The minimum absolute atomic E-state index is 0.132. The number of fused-ring (bicyclic) bond motifs is 2. The number of hydrogen-bond donors (Lipinski definition) is 3. The summed E-state index contributed by atoms with van der Waals surface area (Å²) in [4.78, 5) is 44.4. The fourth-order valence-electron chi connectivity index (χ4n) is 4.40. The molecule has 3 aliphatic rings. The lowest BCUT2D eigenvalue weighted by molar-refractivity contribution is -0.136. The molecule has 0 radical (unpaired) electrons. The Balaban J connectivity index is 1.27. The maximum absolute atomic E-state index is 13.1. The van der Waals surface area contributed by atoms with Gasteiger partial charge in [0.15, 0.2) is 0 Å². The molecule has 0 saturated carbocycles. The van der Waals surface area contributed by atoms with E-state index in [1.165, 1.54) is 10.6 Å². The van der Waals surface area contributed by atoms with Gasteiger partial charge >= 0.3 is 0 Å². The van der Waals surface area contributed by atoms with E-state index < -0.39 is 6.04 Å². The Morgan fingerprint density at radius 3 is 2.93 bits per heavy atom. The molecular formula is C21H23N5O3S. The van der Waals surface area contributed by atoms with Crippen molar-refractivity contribution in [3.8, 4) is 0 Å². The van der Waals surface area contributed by atoms with E-state index in [2.05, 4.69) is 16.0 Å². The summed E-state index contributed by atoms with van der Waals surface area (Å²) in [6.07, 6.45) is 1.61. The van der Waals surface area contributed by atoms with E-state index in [4.69, 9.17) is 4.98 Å². The van der Waals surface area contributed by atoms with E-state index in [0.717, 1.165) is 35.6 Å². The third-order valence-electron chi connectivity index (χ3n) is 5.88. The van der Waals surface area contributed by atoms with Gasteiger partial charge in [0.05, 0.1) is 5.69 Å². The second-order valence-electron chi connectivity index (χ2n) is 7.86. The number of piperidine rings is 1. The number of nitrogens with one attached hydrogen (secondary N) is 3. The first-order valence-corrected chi connectivity index (χ1v) is 11.1. The van der Waals surface area contributed by atoms with Crippen LogP contribution in [-0.4, -0.2) is 40.2 Å². The zero-order valence-corrected chi connectivity index (χ0v) is 17.3. The van der Waals surface area contributed by atoms with Crippen molar-refractivity contribution in [3.63, 3.8) is 0 Å². The summed E-state index contributed by atoms with van der Waals surface area (Å²) in [7, 11) is 0. The van der Waals surface area contributed by atoms with Gasteiger partial charge in [-0.1, -0.05) is 18.2 Å². The highest BCUT2D eigenvalue weighted by Crippen LogP contribution is 2.30. The van der Waals surface area contributed by atoms with Gasteiger partial charge in [-0.2, -0.15) is 0 Å². The number of nitrogens with zero attached hydrogens (tertiary/aromatic N) is 2. The second-order valence-corrected chi connectivity index (χ2v) is 9.03. The average molecular weight is 426 g/mol. The van der Waals surface area contributed by atoms with Gasteiger partial charge in [0.25, 0.3) is 5.91 Å². The summed E-state index contributed by atoms with van der Waals surface area (Å²) in [5.41, 5.74) is 3.73. The Labute approximate surface area is 178 Å². The van der Waals surface area contributed by atoms with Crippen molar-refractivity contribution in [1.82, 2.24) is 25.8 Å². The highest BCUT2D eigenvalue weighted by Gasteiger charge is 2.39. The van der Waals surface area contributed by atoms with E-state index in [0.29, 0.717) is 31.6 Å². The lowest BCUT2D eigenvalue weighted by Crippen LogP contribution is -2.52. The molecular weight excluding hydrogens is 402 g/mol. The quantitative estimate of drug-likeness (QED) is 0.614. The van der Waals surface area contributed by atoms with Crippen LogP contribution in [0.15, 0.2) is 18.2 Å². The molecule has 3 aliphatic heterocycles. The van der Waals surface area contributed by atoms with Gasteiger partial charge in [0, 0.05) is 56.0 Å². The molecule has 3 amide bonds. The summed E-state index contributed by atoms with van der Waals surface area (Å²) in [5, 5.41) is 10.2. The predicted molar refractivity (Wildman–Crippen MR) is 111 cm³/mol. The average Bonchev–Trinajstić information content (AvgIpc) is 3.29. The molecule has 1 saturated heterocycles. The fraction of sp³-hybridized carbons (Fsp3) is 0.429. The molecule has 0 aliphatic carbocycles. The van der Waals surface area contributed by atoms with E-state index in [-0.39, 0.29) is 24.1 Å². The highest BCUT2D eigenvalue weighted by atomic mass is 32.1. The third kappa shape index (κ3) is 3.53. The van der Waals surface area contributed by atoms with Crippen molar-refractivity contribution >= 4 is 29.1 Å². The van der Waals surface area contributed by atoms with Crippen molar-refractivity contribution in [2.45, 2.75) is 51.5 Å². The molecule has 30 heavy (non-hydrogen) atoms. The number of thiazole rings is 1. The Hall–Kier alpha value is -2.62. The number of amides is 3. The van der Waals surface area contributed by atoms with Gasteiger partial charge < -0.3 is 15.5 Å². The maximum atomic E-state index is 13.1. The normalized spacial score (nSPS) is 20.9. The largest absolute Gasteiger partial charge is 0.322 e. The topological polar surface area (TPSA) is 103 Å². The molecule has 4 heterocycles. The molecule has 1 unspecified atom stereocenters. The molecule has 1 atom stereocenters. The summed E-state index contributed by atoms with van der Waals surface area (Å²) in [6.45, 7) is 3.49. The first-order valence-electron chi connectivity index (χ1n) is 10.2. The molecule has 9 heteroatoms. The SMILES string of the molecule is O=C1CCC(N2Cc3cccc(CNCc4nc5c(s4)CNCC5)c3C2=O)C(=O)N1. The fourth-order valence-corrected chi connectivity index (χ4v) is 5.45. The van der Waals surface area contributed by atoms with E-state index in [1.54, 1.807) is 16.2 Å². The van der Waals surface area contributed by atoms with Gasteiger partial charge in [-0.25, -0.2) is 4.98 Å². The monoisotopic (exact) mass is 425 g/mol. The van der Waals surface area contributed by atoms with Crippen LogP contribution in [0.1, 0.15) is 49.9 Å². The number of hydrogen-bond acceptors (Lipinski definition) is 7. The predicted octanol–water partition coefficient (Wildman–Crippen LogP) is 0.840. The van der Waals surface area contributed by atoms with Gasteiger partial charge in [0.2, 0.25) is 11.8 Å². The first-order chi connectivity index (χ1) is 14.6. The zero-order chi connectivity index (χ0) is 20.7. The number of rotatable bonds is 5. The Morgan fingerprint density at radius 1 is 1.20 bits per heavy atom. The first kappa shape index (κ1) is 19.3. The summed E-state index contributed by atoms with van der Waals surface area (Å²) in [5.74, 6) is -0.785. The van der Waals surface area contributed by atoms with Gasteiger partial charge in [-0.15, -0.1) is 11.3 Å². The van der Waals surface area contributed by atoms with Gasteiger partial charge in [-0.3, -0.25) is 19.7 Å². The lowest BCUT2D eigenvalue weighted by atomic mass is 10.0. The van der Waals surface area contributed by atoms with Crippen LogP contribution in [0.4, 0.5) is 0 Å². The molecule has 3 N–H and O–H groups in total. The Kier molecular flexibility index (Phi) is 5.10. The number of aromatic nitrogens is 1.